The Hall–Kier alpha value is -3.53. The van der Waals surface area contributed by atoms with Crippen molar-refractivity contribution < 1.29 is 19.1 Å². The summed E-state index contributed by atoms with van der Waals surface area (Å²) in [7, 11) is 0. The van der Waals surface area contributed by atoms with Gasteiger partial charge in [0.05, 0.1) is 0 Å². The Balaban J connectivity index is 1.36. The molecular weight excluding hydrogens is 400 g/mol. The molecule has 0 amide bonds. The van der Waals surface area contributed by atoms with Crippen molar-refractivity contribution in [3.63, 3.8) is 0 Å². The maximum atomic E-state index is 13.3. The Bertz CT molecular complexity index is 1170. The summed E-state index contributed by atoms with van der Waals surface area (Å²) in [5.41, 5.74) is 4.13. The summed E-state index contributed by atoms with van der Waals surface area (Å²) < 4.78 is 5.51. The molecule has 0 spiro atoms. The average Bonchev–Trinajstić information content (AvgIpc) is 3.24. The molecule has 0 N–H and O–H groups in total. The summed E-state index contributed by atoms with van der Waals surface area (Å²) in [6.07, 6.45) is 1.06. The molecule has 2 aliphatic rings. The molecule has 1 fully saturated rings. The molecule has 3 aromatic carbocycles. The molecule has 5 rings (SSSR count). The van der Waals surface area contributed by atoms with E-state index in [0.717, 1.165) is 27.8 Å². The predicted molar refractivity (Wildman–Crippen MR) is 121 cm³/mol. The highest BCUT2D eigenvalue weighted by molar-refractivity contribution is 6.23. The van der Waals surface area contributed by atoms with Crippen LogP contribution in [0.2, 0.25) is 0 Å². The van der Waals surface area contributed by atoms with Crippen molar-refractivity contribution in [2.24, 2.45) is 5.92 Å². The van der Waals surface area contributed by atoms with Gasteiger partial charge in [-0.1, -0.05) is 78.9 Å². The van der Waals surface area contributed by atoms with E-state index in [9.17, 15) is 14.4 Å². The third-order valence-corrected chi connectivity index (χ3v) is 6.77. The lowest BCUT2D eigenvalue weighted by molar-refractivity contribution is -0.152. The van der Waals surface area contributed by atoms with Crippen LogP contribution in [-0.2, 0) is 25.5 Å². The smallest absolute Gasteiger partial charge is 0.325 e. The number of carbonyl (C=O) groups is 3. The second-order valence-electron chi connectivity index (χ2n) is 8.83. The molecule has 3 aromatic rings. The summed E-state index contributed by atoms with van der Waals surface area (Å²) in [5, 5.41) is 0. The molecule has 0 radical (unpaired) electrons. The van der Waals surface area contributed by atoms with E-state index in [1.54, 1.807) is 6.92 Å². The lowest BCUT2D eigenvalue weighted by atomic mass is 9.82. The van der Waals surface area contributed by atoms with Crippen LogP contribution in [0.15, 0.2) is 78.9 Å². The fourth-order valence-electron chi connectivity index (χ4n) is 5.02. The summed E-state index contributed by atoms with van der Waals surface area (Å²) in [6, 6.07) is 25.8. The maximum absolute atomic E-state index is 13.3. The number of hydrogen-bond donors (Lipinski definition) is 0. The fourth-order valence-corrected chi connectivity index (χ4v) is 5.02. The molecule has 4 heteroatoms. The zero-order valence-electron chi connectivity index (χ0n) is 17.9. The third-order valence-electron chi connectivity index (χ3n) is 6.77. The summed E-state index contributed by atoms with van der Waals surface area (Å²) in [6.45, 7) is 1.63. The van der Waals surface area contributed by atoms with Gasteiger partial charge < -0.3 is 4.74 Å². The van der Waals surface area contributed by atoms with E-state index < -0.39 is 23.3 Å². The number of ketones is 2. The second kappa shape index (κ2) is 7.86. The van der Waals surface area contributed by atoms with Crippen LogP contribution in [0.3, 0.4) is 0 Å². The number of esters is 1. The predicted octanol–water partition coefficient (Wildman–Crippen LogP) is 4.89. The first kappa shape index (κ1) is 20.4. The zero-order chi connectivity index (χ0) is 22.3. The van der Waals surface area contributed by atoms with E-state index in [1.165, 1.54) is 0 Å². The third kappa shape index (κ3) is 3.36. The van der Waals surface area contributed by atoms with Gasteiger partial charge in [0.15, 0.2) is 23.1 Å². The van der Waals surface area contributed by atoms with Crippen molar-refractivity contribution in [1.82, 2.24) is 0 Å². The van der Waals surface area contributed by atoms with Gasteiger partial charge in [0, 0.05) is 12.3 Å². The topological polar surface area (TPSA) is 60.4 Å². The van der Waals surface area contributed by atoms with Crippen LogP contribution in [0.5, 0.6) is 0 Å². The first-order chi connectivity index (χ1) is 15.5. The number of aryl methyl sites for hydroxylation is 1. The Kier molecular flexibility index (Phi) is 5.01. The molecular formula is C28H24O4. The highest BCUT2D eigenvalue weighted by atomic mass is 16.6. The summed E-state index contributed by atoms with van der Waals surface area (Å²) in [4.78, 5) is 39.1. The van der Waals surface area contributed by atoms with Gasteiger partial charge in [-0.25, -0.2) is 0 Å². The molecule has 4 nitrogen and oxygen atoms in total. The van der Waals surface area contributed by atoms with Gasteiger partial charge in [0.1, 0.15) is 0 Å². The number of hydrogen-bond acceptors (Lipinski definition) is 4. The van der Waals surface area contributed by atoms with Gasteiger partial charge in [-0.3, -0.25) is 14.4 Å². The number of Topliss-reactive ketones (excluding diaryl/α,β-unsaturated/α-hetero) is 2. The number of benzene rings is 3. The molecule has 2 unspecified atom stereocenters. The number of fused-ring (bicyclic) bond motifs is 3. The minimum atomic E-state index is -1.34. The molecule has 32 heavy (non-hydrogen) atoms. The van der Waals surface area contributed by atoms with Crippen molar-refractivity contribution >= 4 is 17.5 Å². The van der Waals surface area contributed by atoms with Crippen LogP contribution >= 0.6 is 0 Å². The first-order valence-corrected chi connectivity index (χ1v) is 11.0. The van der Waals surface area contributed by atoms with Crippen LogP contribution in [0.1, 0.15) is 42.4 Å². The number of rotatable bonds is 6. The van der Waals surface area contributed by atoms with Gasteiger partial charge in [-0.2, -0.15) is 0 Å². The molecule has 2 atom stereocenters. The normalized spacial score (nSPS) is 21.8. The SMILES string of the molecule is CC1(CCc2ccccc2)OC(=O)C(C(=O)CC2c3ccccc3-c3ccccc32)C1=O. The maximum Gasteiger partial charge on any atom is 0.325 e. The van der Waals surface area contributed by atoms with Crippen molar-refractivity contribution in [2.45, 2.75) is 37.7 Å². The molecule has 1 heterocycles. The summed E-state index contributed by atoms with van der Waals surface area (Å²) in [5.74, 6) is -2.99. The van der Waals surface area contributed by atoms with Crippen LogP contribution in [0.4, 0.5) is 0 Å². The van der Waals surface area contributed by atoms with E-state index in [1.807, 2.05) is 78.9 Å². The van der Waals surface area contributed by atoms with E-state index in [2.05, 4.69) is 0 Å². The van der Waals surface area contributed by atoms with Gasteiger partial charge in [0.2, 0.25) is 0 Å². The van der Waals surface area contributed by atoms with Gasteiger partial charge in [-0.15, -0.1) is 0 Å². The number of cyclic esters (lactones) is 1. The van der Waals surface area contributed by atoms with E-state index >= 15 is 0 Å². The second-order valence-corrected chi connectivity index (χ2v) is 8.83. The van der Waals surface area contributed by atoms with E-state index in [4.69, 9.17) is 4.74 Å². The lowest BCUT2D eigenvalue weighted by Crippen LogP contribution is -2.37. The average molecular weight is 424 g/mol. The highest BCUT2D eigenvalue weighted by Crippen LogP contribution is 2.47. The largest absolute Gasteiger partial charge is 0.450 e. The molecule has 1 aliphatic carbocycles. The van der Waals surface area contributed by atoms with Crippen LogP contribution in [0.25, 0.3) is 11.1 Å². The molecule has 1 saturated heterocycles. The Morgan fingerprint density at radius 3 is 2.03 bits per heavy atom. The molecule has 160 valence electrons. The monoisotopic (exact) mass is 424 g/mol. The fraction of sp³-hybridized carbons (Fsp3) is 0.250. The lowest BCUT2D eigenvalue weighted by Gasteiger charge is -2.21. The van der Waals surface area contributed by atoms with Crippen molar-refractivity contribution in [1.29, 1.82) is 0 Å². The van der Waals surface area contributed by atoms with Crippen molar-refractivity contribution in [3.8, 4) is 11.1 Å². The zero-order valence-corrected chi connectivity index (χ0v) is 17.9. The molecule has 0 bridgehead atoms. The quantitative estimate of drug-likeness (QED) is 0.417. The van der Waals surface area contributed by atoms with Gasteiger partial charge >= 0.3 is 5.97 Å². The standard InChI is InChI=1S/C28H24O4/c1-28(16-15-18-9-3-2-4-10-18)26(30)25(27(31)32-28)24(29)17-23-21-13-7-5-11-19(21)20-12-6-8-14-22(20)23/h2-14,23,25H,15-17H2,1H3. The van der Waals surface area contributed by atoms with E-state index in [-0.39, 0.29) is 18.1 Å². The molecule has 1 aliphatic heterocycles. The molecule has 0 saturated carbocycles. The highest BCUT2D eigenvalue weighted by Gasteiger charge is 2.55. The Morgan fingerprint density at radius 2 is 1.41 bits per heavy atom. The van der Waals surface area contributed by atoms with Crippen LogP contribution < -0.4 is 0 Å². The first-order valence-electron chi connectivity index (χ1n) is 11.0. The Morgan fingerprint density at radius 1 is 0.844 bits per heavy atom. The summed E-state index contributed by atoms with van der Waals surface area (Å²) >= 11 is 0. The van der Waals surface area contributed by atoms with Gasteiger partial charge in [0.25, 0.3) is 0 Å². The van der Waals surface area contributed by atoms with Crippen LogP contribution in [-0.4, -0.2) is 23.1 Å². The molecule has 0 aromatic heterocycles. The Labute approximate surface area is 187 Å². The van der Waals surface area contributed by atoms with Crippen molar-refractivity contribution in [3.05, 3.63) is 95.6 Å². The van der Waals surface area contributed by atoms with Crippen molar-refractivity contribution in [2.75, 3.05) is 0 Å². The van der Waals surface area contributed by atoms with E-state index in [0.29, 0.717) is 12.8 Å². The number of carbonyl (C=O) groups excluding carboxylic acids is 3. The minimum Gasteiger partial charge on any atom is -0.450 e. The van der Waals surface area contributed by atoms with Crippen LogP contribution in [0, 0.1) is 5.92 Å². The minimum absolute atomic E-state index is 0.105. The number of ether oxygens (including phenoxy) is 1. The van der Waals surface area contributed by atoms with Gasteiger partial charge in [-0.05, 0) is 47.6 Å².